The number of hydrogen-bond acceptors (Lipinski definition) is 5. The number of carbonyl (C=O) groups excluding carboxylic acids is 1. The molecule has 0 aliphatic rings. The predicted molar refractivity (Wildman–Crippen MR) is 67.1 cm³/mol. The Kier molecular flexibility index (Phi) is 3.19. The van der Waals surface area contributed by atoms with Gasteiger partial charge in [0.2, 0.25) is 0 Å². The van der Waals surface area contributed by atoms with Crippen molar-refractivity contribution < 1.29 is 13.9 Å². The quantitative estimate of drug-likeness (QED) is 0.850. The number of nitrogen functional groups attached to an aromatic ring is 1. The summed E-state index contributed by atoms with van der Waals surface area (Å²) in [5.74, 6) is 1.56. The molecule has 0 radical (unpaired) electrons. The van der Waals surface area contributed by atoms with Crippen molar-refractivity contribution in [2.75, 3.05) is 5.73 Å². The van der Waals surface area contributed by atoms with Crippen LogP contribution in [0.2, 0.25) is 0 Å². The number of aryl methyl sites for hydroxylation is 1. The summed E-state index contributed by atoms with van der Waals surface area (Å²) >= 11 is 1.33. The highest BCUT2D eigenvalue weighted by Gasteiger charge is 2.17. The van der Waals surface area contributed by atoms with Gasteiger partial charge in [0.15, 0.2) is 5.75 Å². The zero-order valence-electron chi connectivity index (χ0n) is 9.65. The Labute approximate surface area is 103 Å². The summed E-state index contributed by atoms with van der Waals surface area (Å²) < 4.78 is 10.7. The zero-order valence-corrected chi connectivity index (χ0v) is 10.5. The first-order valence-electron chi connectivity index (χ1n) is 5.26. The lowest BCUT2D eigenvalue weighted by atomic mass is 10.2. The molecule has 0 bridgehead atoms. The van der Waals surface area contributed by atoms with Crippen LogP contribution >= 0.6 is 11.3 Å². The molecular formula is C12H13NO3S. The highest BCUT2D eigenvalue weighted by atomic mass is 32.1. The minimum Gasteiger partial charge on any atom is -0.461 e. The van der Waals surface area contributed by atoms with Crippen LogP contribution in [0.5, 0.6) is 5.75 Å². The van der Waals surface area contributed by atoms with Crippen LogP contribution in [0.3, 0.4) is 0 Å². The molecule has 0 amide bonds. The second kappa shape index (κ2) is 4.63. The molecular weight excluding hydrogens is 238 g/mol. The van der Waals surface area contributed by atoms with E-state index in [9.17, 15) is 4.79 Å². The number of ether oxygens (including phenoxy) is 1. The molecule has 2 rings (SSSR count). The van der Waals surface area contributed by atoms with E-state index in [4.69, 9.17) is 14.9 Å². The second-order valence-electron chi connectivity index (χ2n) is 3.58. The first-order chi connectivity index (χ1) is 8.11. The van der Waals surface area contributed by atoms with Gasteiger partial charge in [0, 0.05) is 11.8 Å². The van der Waals surface area contributed by atoms with E-state index in [-0.39, 0.29) is 5.97 Å². The fraction of sp³-hybridized carbons (Fsp3) is 0.250. The third kappa shape index (κ3) is 2.34. The van der Waals surface area contributed by atoms with Gasteiger partial charge in [-0.2, -0.15) is 0 Å². The van der Waals surface area contributed by atoms with Crippen molar-refractivity contribution in [2.45, 2.75) is 20.3 Å². The van der Waals surface area contributed by atoms with E-state index < -0.39 is 0 Å². The van der Waals surface area contributed by atoms with E-state index in [2.05, 4.69) is 0 Å². The van der Waals surface area contributed by atoms with Crippen LogP contribution in [0, 0.1) is 6.92 Å². The Morgan fingerprint density at radius 1 is 1.53 bits per heavy atom. The number of hydrogen-bond donors (Lipinski definition) is 1. The van der Waals surface area contributed by atoms with E-state index in [0.717, 1.165) is 11.3 Å². The minimum absolute atomic E-state index is 0.306. The second-order valence-corrected chi connectivity index (χ2v) is 4.49. The summed E-state index contributed by atoms with van der Waals surface area (Å²) in [6, 6.07) is 3.69. The summed E-state index contributed by atoms with van der Waals surface area (Å²) in [5.41, 5.74) is 6.51. The lowest BCUT2D eigenvalue weighted by Crippen LogP contribution is -2.06. The van der Waals surface area contributed by atoms with Gasteiger partial charge in [-0.05, 0) is 19.1 Å². The van der Waals surface area contributed by atoms with E-state index >= 15 is 0 Å². The molecule has 0 atom stereocenters. The fourth-order valence-corrected chi connectivity index (χ4v) is 2.13. The molecule has 2 aromatic rings. The number of anilines is 1. The number of furan rings is 1. The van der Waals surface area contributed by atoms with Gasteiger partial charge < -0.3 is 14.9 Å². The average Bonchev–Trinajstić information content (AvgIpc) is 2.87. The molecule has 0 spiro atoms. The van der Waals surface area contributed by atoms with Gasteiger partial charge in [-0.25, -0.2) is 0 Å². The molecule has 90 valence electrons. The highest BCUT2D eigenvalue weighted by molar-refractivity contribution is 7.14. The molecule has 0 unspecified atom stereocenters. The Bertz CT molecular complexity index is 542. The molecule has 2 aromatic heterocycles. The van der Waals surface area contributed by atoms with Crippen LogP contribution in [0.25, 0.3) is 11.3 Å². The minimum atomic E-state index is -0.306. The third-order valence-corrected chi connectivity index (χ3v) is 3.08. The maximum atomic E-state index is 11.3. The van der Waals surface area contributed by atoms with Gasteiger partial charge in [0.1, 0.15) is 16.5 Å². The normalized spacial score (nSPS) is 10.5. The largest absolute Gasteiger partial charge is 0.461 e. The number of nitrogens with two attached hydrogens (primary N) is 1. The molecule has 0 aliphatic heterocycles. The van der Waals surface area contributed by atoms with E-state index in [1.165, 1.54) is 11.3 Å². The summed E-state index contributed by atoms with van der Waals surface area (Å²) in [7, 11) is 0. The van der Waals surface area contributed by atoms with Crippen LogP contribution in [0.15, 0.2) is 21.9 Å². The third-order valence-electron chi connectivity index (χ3n) is 2.28. The Hall–Kier alpha value is -1.75. The van der Waals surface area contributed by atoms with Crippen LogP contribution in [0.1, 0.15) is 19.1 Å². The van der Waals surface area contributed by atoms with Crippen molar-refractivity contribution in [3.8, 4) is 17.1 Å². The van der Waals surface area contributed by atoms with Crippen LogP contribution in [0.4, 0.5) is 5.00 Å². The summed E-state index contributed by atoms with van der Waals surface area (Å²) in [6.45, 7) is 3.60. The number of esters is 1. The van der Waals surface area contributed by atoms with Gasteiger partial charge in [0.25, 0.3) is 0 Å². The zero-order chi connectivity index (χ0) is 12.4. The highest BCUT2D eigenvalue weighted by Crippen LogP contribution is 2.41. The van der Waals surface area contributed by atoms with E-state index in [1.807, 2.05) is 24.4 Å². The maximum absolute atomic E-state index is 11.3. The van der Waals surface area contributed by atoms with Crippen LogP contribution < -0.4 is 10.5 Å². The van der Waals surface area contributed by atoms with Crippen molar-refractivity contribution in [2.24, 2.45) is 0 Å². The van der Waals surface area contributed by atoms with Crippen molar-refractivity contribution >= 4 is 22.3 Å². The van der Waals surface area contributed by atoms with Gasteiger partial charge in [0.05, 0.1) is 5.56 Å². The van der Waals surface area contributed by atoms with Crippen molar-refractivity contribution in [1.82, 2.24) is 0 Å². The predicted octanol–water partition coefficient (Wildman–Crippen LogP) is 3.21. The number of thiophene rings is 1. The molecule has 17 heavy (non-hydrogen) atoms. The summed E-state index contributed by atoms with van der Waals surface area (Å²) in [6.07, 6.45) is 0.311. The topological polar surface area (TPSA) is 65.5 Å². The molecule has 2 N–H and O–H groups in total. The van der Waals surface area contributed by atoms with Crippen molar-refractivity contribution in [3.05, 3.63) is 23.3 Å². The van der Waals surface area contributed by atoms with Crippen LogP contribution in [-0.2, 0) is 4.79 Å². The maximum Gasteiger partial charge on any atom is 0.311 e. The lowest BCUT2D eigenvalue weighted by molar-refractivity contribution is -0.133. The van der Waals surface area contributed by atoms with Crippen LogP contribution in [-0.4, -0.2) is 5.97 Å². The van der Waals surface area contributed by atoms with E-state index in [1.54, 1.807) is 6.92 Å². The molecule has 0 saturated carbocycles. The first kappa shape index (κ1) is 11.7. The van der Waals surface area contributed by atoms with E-state index in [0.29, 0.717) is 22.9 Å². The average molecular weight is 251 g/mol. The fourth-order valence-electron chi connectivity index (χ4n) is 1.40. The lowest BCUT2D eigenvalue weighted by Gasteiger charge is -2.04. The Morgan fingerprint density at radius 3 is 2.88 bits per heavy atom. The molecule has 0 aliphatic carbocycles. The van der Waals surface area contributed by atoms with Gasteiger partial charge in [-0.1, -0.05) is 6.92 Å². The molecule has 4 nitrogen and oxygen atoms in total. The molecule has 0 aromatic carbocycles. The van der Waals surface area contributed by atoms with Crippen molar-refractivity contribution in [1.29, 1.82) is 0 Å². The summed E-state index contributed by atoms with van der Waals surface area (Å²) in [5, 5.41) is 2.31. The van der Waals surface area contributed by atoms with Gasteiger partial charge >= 0.3 is 5.97 Å². The van der Waals surface area contributed by atoms with Gasteiger partial charge in [-0.15, -0.1) is 11.3 Å². The SMILES string of the molecule is CCC(=O)Oc1c(-c2ccc(C)o2)csc1N. The molecule has 5 heteroatoms. The number of carbonyl (C=O) groups is 1. The monoisotopic (exact) mass is 251 g/mol. The Morgan fingerprint density at radius 2 is 2.29 bits per heavy atom. The molecule has 2 heterocycles. The molecule has 0 fully saturated rings. The standard InChI is InChI=1S/C12H13NO3S/c1-3-10(14)16-11-8(6-17-12(11)13)9-5-4-7(2)15-9/h4-6H,3,13H2,1-2H3. The smallest absolute Gasteiger partial charge is 0.311 e. The Balaban J connectivity index is 2.38. The van der Waals surface area contributed by atoms with Crippen molar-refractivity contribution in [3.63, 3.8) is 0 Å². The first-order valence-corrected chi connectivity index (χ1v) is 6.14. The molecule has 0 saturated heterocycles. The van der Waals surface area contributed by atoms with Gasteiger partial charge in [-0.3, -0.25) is 4.79 Å². The number of rotatable bonds is 3. The summed E-state index contributed by atoms with van der Waals surface area (Å²) in [4.78, 5) is 11.3.